The van der Waals surface area contributed by atoms with E-state index in [0.717, 1.165) is 35.4 Å². The second-order valence-corrected chi connectivity index (χ2v) is 6.33. The van der Waals surface area contributed by atoms with Crippen molar-refractivity contribution in [3.63, 3.8) is 0 Å². The lowest BCUT2D eigenvalue weighted by Gasteiger charge is -2.30. The number of esters is 1. The van der Waals surface area contributed by atoms with Crippen LogP contribution in [0.25, 0.3) is 10.9 Å². The molecule has 25 heavy (non-hydrogen) atoms. The van der Waals surface area contributed by atoms with Crippen molar-refractivity contribution in [3.05, 3.63) is 35.4 Å². The summed E-state index contributed by atoms with van der Waals surface area (Å²) in [5.41, 5.74) is 9.15. The van der Waals surface area contributed by atoms with Crippen molar-refractivity contribution < 1.29 is 14.3 Å². The standard InChI is InChI=1S/C19H25N3O3/c1-3-25-19(23)16(20)12-15-11-14-10-13(2)4-5-17(14)21-18(15)22-6-8-24-9-7-22/h4-5,10-11,16H,3,6-9,12,20H2,1-2H3. The van der Waals surface area contributed by atoms with E-state index in [4.69, 9.17) is 20.2 Å². The van der Waals surface area contributed by atoms with Crippen LogP contribution in [0.3, 0.4) is 0 Å². The van der Waals surface area contributed by atoms with Gasteiger partial charge in [-0.25, -0.2) is 4.98 Å². The largest absolute Gasteiger partial charge is 0.465 e. The molecular formula is C19H25N3O3. The first-order valence-electron chi connectivity index (χ1n) is 8.73. The number of aromatic nitrogens is 1. The van der Waals surface area contributed by atoms with Crippen LogP contribution in [-0.2, 0) is 20.7 Å². The third-order valence-electron chi connectivity index (χ3n) is 4.37. The van der Waals surface area contributed by atoms with E-state index in [1.165, 1.54) is 5.56 Å². The van der Waals surface area contributed by atoms with Crippen LogP contribution >= 0.6 is 0 Å². The second kappa shape index (κ2) is 7.80. The molecule has 1 aliphatic heterocycles. The summed E-state index contributed by atoms with van der Waals surface area (Å²) < 4.78 is 10.5. The number of rotatable bonds is 5. The van der Waals surface area contributed by atoms with Crippen LogP contribution in [0.5, 0.6) is 0 Å². The van der Waals surface area contributed by atoms with Gasteiger partial charge in [0.2, 0.25) is 0 Å². The maximum absolute atomic E-state index is 12.0. The maximum Gasteiger partial charge on any atom is 0.323 e. The number of carbonyl (C=O) groups is 1. The second-order valence-electron chi connectivity index (χ2n) is 6.33. The fourth-order valence-corrected chi connectivity index (χ4v) is 3.10. The summed E-state index contributed by atoms with van der Waals surface area (Å²) in [5, 5.41) is 1.06. The van der Waals surface area contributed by atoms with Crippen LogP contribution < -0.4 is 10.6 Å². The molecule has 1 aromatic carbocycles. The number of nitrogens with two attached hydrogens (primary N) is 1. The van der Waals surface area contributed by atoms with Gasteiger partial charge in [0.05, 0.1) is 25.3 Å². The molecule has 0 saturated carbocycles. The van der Waals surface area contributed by atoms with Crippen LogP contribution in [0.4, 0.5) is 5.82 Å². The maximum atomic E-state index is 12.0. The van der Waals surface area contributed by atoms with Gasteiger partial charge in [-0.2, -0.15) is 0 Å². The van der Waals surface area contributed by atoms with Gasteiger partial charge in [-0.15, -0.1) is 0 Å². The van der Waals surface area contributed by atoms with Crippen molar-refractivity contribution in [2.75, 3.05) is 37.8 Å². The predicted octanol–water partition coefficient (Wildman–Crippen LogP) is 1.81. The van der Waals surface area contributed by atoms with Crippen LogP contribution in [-0.4, -0.2) is 49.9 Å². The number of anilines is 1. The monoisotopic (exact) mass is 343 g/mol. The lowest BCUT2D eigenvalue weighted by Crippen LogP contribution is -2.39. The third-order valence-corrected chi connectivity index (χ3v) is 4.37. The zero-order valence-corrected chi connectivity index (χ0v) is 14.8. The highest BCUT2D eigenvalue weighted by atomic mass is 16.5. The minimum atomic E-state index is -0.691. The lowest BCUT2D eigenvalue weighted by molar-refractivity contribution is -0.144. The van der Waals surface area contributed by atoms with E-state index in [-0.39, 0.29) is 5.97 Å². The van der Waals surface area contributed by atoms with Gasteiger partial charge in [-0.05, 0) is 37.6 Å². The first-order chi connectivity index (χ1) is 12.1. The van der Waals surface area contributed by atoms with Gasteiger partial charge >= 0.3 is 5.97 Å². The number of nitrogens with zero attached hydrogens (tertiary/aromatic N) is 2. The smallest absolute Gasteiger partial charge is 0.323 e. The molecule has 0 amide bonds. The first-order valence-corrected chi connectivity index (χ1v) is 8.73. The normalized spacial score (nSPS) is 16.0. The molecule has 0 spiro atoms. The molecule has 2 aromatic rings. The summed E-state index contributed by atoms with van der Waals surface area (Å²) in [6, 6.07) is 7.60. The molecule has 0 aliphatic carbocycles. The average Bonchev–Trinajstić information content (AvgIpc) is 2.62. The molecule has 0 bridgehead atoms. The number of fused-ring (bicyclic) bond motifs is 1. The van der Waals surface area contributed by atoms with Crippen LogP contribution in [0.15, 0.2) is 24.3 Å². The first kappa shape index (κ1) is 17.6. The zero-order chi connectivity index (χ0) is 17.8. The molecule has 6 nitrogen and oxygen atoms in total. The highest BCUT2D eigenvalue weighted by molar-refractivity contribution is 5.83. The summed E-state index contributed by atoms with van der Waals surface area (Å²) >= 11 is 0. The molecule has 2 N–H and O–H groups in total. The van der Waals surface area contributed by atoms with Crippen molar-refractivity contribution in [2.45, 2.75) is 26.3 Å². The van der Waals surface area contributed by atoms with Gasteiger partial charge in [0, 0.05) is 24.9 Å². The molecule has 1 aromatic heterocycles. The summed E-state index contributed by atoms with van der Waals surface area (Å²) in [7, 11) is 0. The number of morpholine rings is 1. The molecular weight excluding hydrogens is 318 g/mol. The van der Waals surface area contributed by atoms with Gasteiger partial charge in [0.25, 0.3) is 0 Å². The Morgan fingerprint density at radius 3 is 2.84 bits per heavy atom. The number of pyridine rings is 1. The van der Waals surface area contributed by atoms with Crippen molar-refractivity contribution in [1.29, 1.82) is 0 Å². The van der Waals surface area contributed by atoms with E-state index in [2.05, 4.69) is 30.0 Å². The Kier molecular flexibility index (Phi) is 5.50. The van der Waals surface area contributed by atoms with Crippen molar-refractivity contribution in [2.24, 2.45) is 5.73 Å². The molecule has 6 heteroatoms. The molecule has 1 unspecified atom stereocenters. The van der Waals surface area contributed by atoms with E-state index in [1.807, 2.05) is 6.07 Å². The highest BCUT2D eigenvalue weighted by Gasteiger charge is 2.22. The topological polar surface area (TPSA) is 77.7 Å². The summed E-state index contributed by atoms with van der Waals surface area (Å²) in [4.78, 5) is 19.0. The molecule has 134 valence electrons. The van der Waals surface area contributed by atoms with Crippen LogP contribution in [0.1, 0.15) is 18.1 Å². The van der Waals surface area contributed by atoms with Crippen LogP contribution in [0.2, 0.25) is 0 Å². The zero-order valence-electron chi connectivity index (χ0n) is 14.8. The van der Waals surface area contributed by atoms with E-state index in [0.29, 0.717) is 26.2 Å². The Morgan fingerprint density at radius 2 is 2.12 bits per heavy atom. The Labute approximate surface area is 147 Å². The molecule has 3 rings (SSSR count). The number of hydrogen-bond acceptors (Lipinski definition) is 6. The van der Waals surface area contributed by atoms with E-state index >= 15 is 0 Å². The van der Waals surface area contributed by atoms with Gasteiger partial charge in [-0.3, -0.25) is 4.79 Å². The highest BCUT2D eigenvalue weighted by Crippen LogP contribution is 2.26. The molecule has 1 saturated heterocycles. The quantitative estimate of drug-likeness (QED) is 0.835. The predicted molar refractivity (Wildman–Crippen MR) is 97.8 cm³/mol. The molecule has 1 aliphatic rings. The number of carbonyl (C=O) groups excluding carboxylic acids is 1. The van der Waals surface area contributed by atoms with Gasteiger partial charge in [0.15, 0.2) is 0 Å². The molecule has 1 atom stereocenters. The van der Waals surface area contributed by atoms with E-state index in [9.17, 15) is 4.79 Å². The van der Waals surface area contributed by atoms with Crippen molar-refractivity contribution in [1.82, 2.24) is 4.98 Å². The number of hydrogen-bond donors (Lipinski definition) is 1. The van der Waals surface area contributed by atoms with Gasteiger partial charge < -0.3 is 20.1 Å². The minimum absolute atomic E-state index is 0.331. The Hall–Kier alpha value is -2.18. The summed E-state index contributed by atoms with van der Waals surface area (Å²) in [6.45, 7) is 7.09. The summed E-state index contributed by atoms with van der Waals surface area (Å²) in [5.74, 6) is 0.513. The van der Waals surface area contributed by atoms with Gasteiger partial charge in [-0.1, -0.05) is 11.6 Å². The minimum Gasteiger partial charge on any atom is -0.465 e. The Balaban J connectivity index is 1.98. The van der Waals surface area contributed by atoms with E-state index < -0.39 is 6.04 Å². The van der Waals surface area contributed by atoms with Crippen LogP contribution in [0, 0.1) is 6.92 Å². The lowest BCUT2D eigenvalue weighted by atomic mass is 10.0. The summed E-state index contributed by atoms with van der Waals surface area (Å²) in [6.07, 6.45) is 0.405. The van der Waals surface area contributed by atoms with Gasteiger partial charge in [0.1, 0.15) is 11.9 Å². The Bertz CT molecular complexity index is 757. The molecule has 2 heterocycles. The number of ether oxygens (including phenoxy) is 2. The van der Waals surface area contributed by atoms with Crippen molar-refractivity contribution in [3.8, 4) is 0 Å². The van der Waals surface area contributed by atoms with E-state index in [1.54, 1.807) is 6.92 Å². The average molecular weight is 343 g/mol. The fourth-order valence-electron chi connectivity index (χ4n) is 3.10. The third kappa shape index (κ3) is 4.08. The SMILES string of the molecule is CCOC(=O)C(N)Cc1cc2cc(C)ccc2nc1N1CCOCC1. The number of benzene rings is 1. The molecule has 1 fully saturated rings. The molecule has 0 radical (unpaired) electrons. The van der Waals surface area contributed by atoms with Crippen molar-refractivity contribution >= 4 is 22.7 Å². The Morgan fingerprint density at radius 1 is 1.36 bits per heavy atom. The fraction of sp³-hybridized carbons (Fsp3) is 0.474. The number of aryl methyl sites for hydroxylation is 1.